The Morgan fingerprint density at radius 1 is 1.80 bits per heavy atom. The van der Waals surface area contributed by atoms with Crippen LogP contribution in [0.5, 0.6) is 0 Å². The summed E-state index contributed by atoms with van der Waals surface area (Å²) >= 11 is 1.77. The first-order valence-corrected chi connectivity index (χ1v) is 6.19. The van der Waals surface area contributed by atoms with Crippen molar-refractivity contribution in [3.63, 3.8) is 0 Å². The van der Waals surface area contributed by atoms with Gasteiger partial charge in [0.05, 0.1) is 12.8 Å². The molecule has 0 spiro atoms. The number of aryl methyl sites for hydroxylation is 1. The van der Waals surface area contributed by atoms with Gasteiger partial charge in [0.25, 0.3) is 0 Å². The highest BCUT2D eigenvalue weighted by atomic mass is 32.2. The van der Waals surface area contributed by atoms with Gasteiger partial charge in [-0.05, 0) is 6.42 Å². The van der Waals surface area contributed by atoms with Gasteiger partial charge in [0.1, 0.15) is 0 Å². The molecular formula is C10H17N3OS. The van der Waals surface area contributed by atoms with Crippen LogP contribution in [-0.4, -0.2) is 34.8 Å². The molecule has 0 bridgehead atoms. The number of nitrogens with zero attached hydrogens (tertiary/aromatic N) is 2. The minimum atomic E-state index is 0.234. The second kappa shape index (κ2) is 5.01. The SMILES string of the molecule is Cn1cc(SCC(N)C2CCOC2)cn1. The van der Waals surface area contributed by atoms with Crippen molar-refractivity contribution in [3.05, 3.63) is 12.4 Å². The molecule has 15 heavy (non-hydrogen) atoms. The van der Waals surface area contributed by atoms with Gasteiger partial charge in [-0.15, -0.1) is 11.8 Å². The van der Waals surface area contributed by atoms with Crippen molar-refractivity contribution in [2.45, 2.75) is 17.4 Å². The number of aromatic nitrogens is 2. The lowest BCUT2D eigenvalue weighted by Crippen LogP contribution is -2.32. The molecule has 0 aliphatic carbocycles. The van der Waals surface area contributed by atoms with E-state index < -0.39 is 0 Å². The maximum atomic E-state index is 6.11. The Balaban J connectivity index is 1.77. The normalized spacial score (nSPS) is 23.2. The van der Waals surface area contributed by atoms with Gasteiger partial charge < -0.3 is 10.5 Å². The van der Waals surface area contributed by atoms with Gasteiger partial charge in [-0.25, -0.2) is 0 Å². The van der Waals surface area contributed by atoms with Crippen molar-refractivity contribution in [3.8, 4) is 0 Å². The highest BCUT2D eigenvalue weighted by Crippen LogP contribution is 2.22. The molecule has 1 saturated heterocycles. The maximum absolute atomic E-state index is 6.11. The lowest BCUT2D eigenvalue weighted by atomic mass is 10.0. The van der Waals surface area contributed by atoms with E-state index in [2.05, 4.69) is 5.10 Å². The summed E-state index contributed by atoms with van der Waals surface area (Å²) < 4.78 is 7.14. The Morgan fingerprint density at radius 3 is 3.27 bits per heavy atom. The predicted octanol–water partition coefficient (Wildman–Crippen LogP) is 0.876. The van der Waals surface area contributed by atoms with E-state index in [1.807, 2.05) is 24.1 Å². The zero-order valence-electron chi connectivity index (χ0n) is 8.93. The molecule has 1 aliphatic heterocycles. The molecule has 2 N–H and O–H groups in total. The van der Waals surface area contributed by atoms with Gasteiger partial charge in [-0.1, -0.05) is 0 Å². The quantitative estimate of drug-likeness (QED) is 0.776. The average molecular weight is 227 g/mol. The van der Waals surface area contributed by atoms with Gasteiger partial charge in [-0.3, -0.25) is 4.68 Å². The van der Waals surface area contributed by atoms with Crippen LogP contribution in [0.15, 0.2) is 17.3 Å². The van der Waals surface area contributed by atoms with E-state index in [0.29, 0.717) is 5.92 Å². The lowest BCUT2D eigenvalue weighted by Gasteiger charge is -2.16. The standard InChI is InChI=1S/C10H17N3OS/c1-13-5-9(4-12-13)15-7-10(11)8-2-3-14-6-8/h4-5,8,10H,2-3,6-7,11H2,1H3. The number of thioether (sulfide) groups is 1. The van der Waals surface area contributed by atoms with Crippen molar-refractivity contribution < 1.29 is 4.74 Å². The number of hydrogen-bond acceptors (Lipinski definition) is 4. The van der Waals surface area contributed by atoms with Crippen molar-refractivity contribution in [1.29, 1.82) is 0 Å². The molecule has 5 heteroatoms. The molecule has 2 heterocycles. The zero-order valence-corrected chi connectivity index (χ0v) is 9.74. The summed E-state index contributed by atoms with van der Waals surface area (Å²) in [6, 6.07) is 0.234. The molecule has 4 nitrogen and oxygen atoms in total. The van der Waals surface area contributed by atoms with E-state index in [1.54, 1.807) is 11.8 Å². The van der Waals surface area contributed by atoms with E-state index in [9.17, 15) is 0 Å². The fraction of sp³-hybridized carbons (Fsp3) is 0.700. The third kappa shape index (κ3) is 2.96. The molecule has 1 aliphatic rings. The van der Waals surface area contributed by atoms with Crippen LogP contribution in [0.2, 0.25) is 0 Å². The van der Waals surface area contributed by atoms with Gasteiger partial charge in [-0.2, -0.15) is 5.10 Å². The fourth-order valence-corrected chi connectivity index (χ4v) is 2.70. The second-order valence-corrected chi connectivity index (χ2v) is 5.04. The lowest BCUT2D eigenvalue weighted by molar-refractivity contribution is 0.182. The number of rotatable bonds is 4. The highest BCUT2D eigenvalue weighted by Gasteiger charge is 2.22. The van der Waals surface area contributed by atoms with Gasteiger partial charge in [0.2, 0.25) is 0 Å². The molecule has 0 radical (unpaired) electrons. The molecular weight excluding hydrogens is 210 g/mol. The number of hydrogen-bond donors (Lipinski definition) is 1. The topological polar surface area (TPSA) is 53.1 Å². The smallest absolute Gasteiger partial charge is 0.0625 e. The monoisotopic (exact) mass is 227 g/mol. The summed E-state index contributed by atoms with van der Waals surface area (Å²) in [5.74, 6) is 1.48. The molecule has 2 unspecified atom stereocenters. The van der Waals surface area contributed by atoms with Crippen LogP contribution in [0.4, 0.5) is 0 Å². The summed E-state index contributed by atoms with van der Waals surface area (Å²) in [6.07, 6.45) is 5.00. The average Bonchev–Trinajstić information content (AvgIpc) is 2.84. The van der Waals surface area contributed by atoms with Crippen LogP contribution in [0.3, 0.4) is 0 Å². The maximum Gasteiger partial charge on any atom is 0.0625 e. The van der Waals surface area contributed by atoms with E-state index in [0.717, 1.165) is 25.4 Å². The van der Waals surface area contributed by atoms with Gasteiger partial charge in [0.15, 0.2) is 0 Å². The fourth-order valence-electron chi connectivity index (χ4n) is 1.69. The van der Waals surface area contributed by atoms with Crippen LogP contribution in [0.25, 0.3) is 0 Å². The number of ether oxygens (including phenoxy) is 1. The Morgan fingerprint density at radius 2 is 2.67 bits per heavy atom. The Kier molecular flexibility index (Phi) is 3.66. The summed E-state index contributed by atoms with van der Waals surface area (Å²) in [5, 5.41) is 4.12. The molecule has 1 aromatic heterocycles. The minimum absolute atomic E-state index is 0.234. The Bertz CT molecular complexity index is 309. The molecule has 2 atom stereocenters. The highest BCUT2D eigenvalue weighted by molar-refractivity contribution is 7.99. The summed E-state index contributed by atoms with van der Waals surface area (Å²) in [6.45, 7) is 1.70. The molecule has 0 amide bonds. The van der Waals surface area contributed by atoms with E-state index in [1.165, 1.54) is 4.90 Å². The van der Waals surface area contributed by atoms with Crippen LogP contribution in [0.1, 0.15) is 6.42 Å². The van der Waals surface area contributed by atoms with E-state index >= 15 is 0 Å². The Hall–Kier alpha value is -0.520. The zero-order chi connectivity index (χ0) is 10.7. The van der Waals surface area contributed by atoms with Crippen molar-refractivity contribution in [2.75, 3.05) is 19.0 Å². The third-order valence-corrected chi connectivity index (χ3v) is 3.79. The van der Waals surface area contributed by atoms with Crippen LogP contribution in [-0.2, 0) is 11.8 Å². The van der Waals surface area contributed by atoms with Crippen LogP contribution >= 0.6 is 11.8 Å². The molecule has 1 aromatic rings. The van der Waals surface area contributed by atoms with E-state index in [-0.39, 0.29) is 6.04 Å². The van der Waals surface area contributed by atoms with Gasteiger partial charge >= 0.3 is 0 Å². The Labute approximate surface area is 94.2 Å². The first-order chi connectivity index (χ1) is 7.25. The predicted molar refractivity (Wildman–Crippen MR) is 60.8 cm³/mol. The second-order valence-electron chi connectivity index (χ2n) is 3.95. The van der Waals surface area contributed by atoms with Crippen molar-refractivity contribution in [1.82, 2.24) is 9.78 Å². The molecule has 84 valence electrons. The molecule has 0 aromatic carbocycles. The number of nitrogens with two attached hydrogens (primary N) is 1. The van der Waals surface area contributed by atoms with Crippen molar-refractivity contribution in [2.24, 2.45) is 18.7 Å². The largest absolute Gasteiger partial charge is 0.381 e. The third-order valence-electron chi connectivity index (χ3n) is 2.69. The van der Waals surface area contributed by atoms with Crippen molar-refractivity contribution >= 4 is 11.8 Å². The van der Waals surface area contributed by atoms with Crippen LogP contribution in [0, 0.1) is 5.92 Å². The summed E-state index contributed by atoms with van der Waals surface area (Å²) in [7, 11) is 1.93. The molecule has 1 fully saturated rings. The molecule has 0 saturated carbocycles. The van der Waals surface area contributed by atoms with E-state index in [4.69, 9.17) is 10.5 Å². The minimum Gasteiger partial charge on any atom is -0.381 e. The summed E-state index contributed by atoms with van der Waals surface area (Å²) in [5.41, 5.74) is 6.11. The first kappa shape index (κ1) is 11.0. The molecule has 2 rings (SSSR count). The van der Waals surface area contributed by atoms with Crippen LogP contribution < -0.4 is 5.73 Å². The van der Waals surface area contributed by atoms with Gasteiger partial charge in [0, 0.05) is 42.5 Å². The first-order valence-electron chi connectivity index (χ1n) is 5.20. The summed E-state index contributed by atoms with van der Waals surface area (Å²) in [4.78, 5) is 1.19.